The van der Waals surface area contributed by atoms with Gasteiger partial charge < -0.3 is 10.3 Å². The molecule has 2 N–H and O–H groups in total. The fourth-order valence-electron chi connectivity index (χ4n) is 4.18. The molecule has 32 heavy (non-hydrogen) atoms. The summed E-state index contributed by atoms with van der Waals surface area (Å²) in [6.45, 7) is 0.0906. The van der Waals surface area contributed by atoms with Crippen molar-refractivity contribution < 1.29 is 9.59 Å². The minimum atomic E-state index is -1.30. The number of hydrogen-bond donors (Lipinski definition) is 2. The van der Waals surface area contributed by atoms with Crippen LogP contribution in [-0.2, 0) is 16.8 Å². The SMILES string of the molecule is O=C1NC(c2ccccc2)(c2ccccc2)C(=O)N1CCc1nc2ccccc2c(=O)[nH]1. The van der Waals surface area contributed by atoms with Gasteiger partial charge in [-0.1, -0.05) is 72.8 Å². The van der Waals surface area contributed by atoms with Gasteiger partial charge in [0.15, 0.2) is 5.54 Å². The van der Waals surface area contributed by atoms with Crippen LogP contribution < -0.4 is 10.9 Å². The minimum absolute atomic E-state index is 0.0906. The van der Waals surface area contributed by atoms with Crippen molar-refractivity contribution in [3.63, 3.8) is 0 Å². The van der Waals surface area contributed by atoms with E-state index in [-0.39, 0.29) is 24.4 Å². The number of amides is 3. The van der Waals surface area contributed by atoms with Gasteiger partial charge in [0.25, 0.3) is 11.5 Å². The highest BCUT2D eigenvalue weighted by Crippen LogP contribution is 2.35. The predicted molar refractivity (Wildman–Crippen MR) is 120 cm³/mol. The first kappa shape index (κ1) is 19.7. The monoisotopic (exact) mass is 424 g/mol. The summed E-state index contributed by atoms with van der Waals surface area (Å²) >= 11 is 0. The molecule has 1 aromatic heterocycles. The molecule has 4 aromatic rings. The van der Waals surface area contributed by atoms with Gasteiger partial charge in [-0.2, -0.15) is 0 Å². The van der Waals surface area contributed by atoms with Gasteiger partial charge >= 0.3 is 6.03 Å². The molecule has 2 heterocycles. The highest BCUT2D eigenvalue weighted by atomic mass is 16.2. The molecular weight excluding hydrogens is 404 g/mol. The molecule has 5 rings (SSSR count). The Balaban J connectivity index is 1.48. The summed E-state index contributed by atoms with van der Waals surface area (Å²) in [4.78, 5) is 47.4. The van der Waals surface area contributed by atoms with Crippen molar-refractivity contribution in [1.82, 2.24) is 20.2 Å². The summed E-state index contributed by atoms with van der Waals surface area (Å²) in [6.07, 6.45) is 0.235. The summed E-state index contributed by atoms with van der Waals surface area (Å²) < 4.78 is 0. The molecule has 3 amide bonds. The molecule has 158 valence electrons. The van der Waals surface area contributed by atoms with Crippen LogP contribution in [0.3, 0.4) is 0 Å². The standard InChI is InChI=1S/C25H20N4O3/c30-22-19-13-7-8-14-20(19)26-21(27-22)15-16-29-23(31)25(28-24(29)32,17-9-3-1-4-10-17)18-11-5-2-6-12-18/h1-14H,15-16H2,(H,28,32)(H,26,27,30). The second-order valence-electron chi connectivity index (χ2n) is 7.65. The third-order valence-electron chi connectivity index (χ3n) is 5.75. The number of imide groups is 1. The Hall–Kier alpha value is -4.26. The highest BCUT2D eigenvalue weighted by Gasteiger charge is 2.53. The first-order valence-corrected chi connectivity index (χ1v) is 10.3. The molecule has 3 aromatic carbocycles. The number of nitrogens with one attached hydrogen (secondary N) is 2. The summed E-state index contributed by atoms with van der Waals surface area (Å²) in [5, 5.41) is 3.42. The molecule has 0 bridgehead atoms. The fourth-order valence-corrected chi connectivity index (χ4v) is 4.18. The number of hydrogen-bond acceptors (Lipinski definition) is 4. The number of carbonyl (C=O) groups is 2. The summed E-state index contributed by atoms with van der Waals surface area (Å²) in [6, 6.07) is 25.0. The average molecular weight is 424 g/mol. The molecule has 0 radical (unpaired) electrons. The number of aromatic amines is 1. The van der Waals surface area contributed by atoms with Gasteiger partial charge in [-0.15, -0.1) is 0 Å². The van der Waals surface area contributed by atoms with Gasteiger partial charge in [0.05, 0.1) is 10.9 Å². The largest absolute Gasteiger partial charge is 0.325 e. The Morgan fingerprint density at radius 1 is 0.781 bits per heavy atom. The zero-order chi connectivity index (χ0) is 22.1. The van der Waals surface area contributed by atoms with Gasteiger partial charge in [0.1, 0.15) is 5.82 Å². The molecule has 1 saturated heterocycles. The maximum atomic E-state index is 13.7. The topological polar surface area (TPSA) is 95.2 Å². The second-order valence-corrected chi connectivity index (χ2v) is 7.65. The maximum Gasteiger partial charge on any atom is 0.325 e. The molecule has 7 nitrogen and oxygen atoms in total. The predicted octanol–water partition coefficient (Wildman–Crippen LogP) is 2.96. The van der Waals surface area contributed by atoms with Gasteiger partial charge in [0, 0.05) is 13.0 Å². The lowest BCUT2D eigenvalue weighted by Gasteiger charge is -2.28. The zero-order valence-corrected chi connectivity index (χ0v) is 17.1. The van der Waals surface area contributed by atoms with Crippen molar-refractivity contribution in [3.05, 3.63) is 112 Å². The highest BCUT2D eigenvalue weighted by molar-refractivity contribution is 6.09. The number of rotatable bonds is 5. The van der Waals surface area contributed by atoms with E-state index in [4.69, 9.17) is 0 Å². The van der Waals surface area contributed by atoms with Crippen LogP contribution in [0.15, 0.2) is 89.7 Å². The molecule has 1 aliphatic rings. The van der Waals surface area contributed by atoms with E-state index >= 15 is 0 Å². The van der Waals surface area contributed by atoms with Gasteiger partial charge in [-0.05, 0) is 23.3 Å². The molecule has 7 heteroatoms. The number of nitrogens with zero attached hydrogens (tertiary/aromatic N) is 2. The molecule has 0 saturated carbocycles. The number of para-hydroxylation sites is 1. The van der Waals surface area contributed by atoms with Crippen molar-refractivity contribution in [2.45, 2.75) is 12.0 Å². The quantitative estimate of drug-likeness (QED) is 0.482. The summed E-state index contributed by atoms with van der Waals surface area (Å²) in [7, 11) is 0. The minimum Gasteiger partial charge on any atom is -0.315 e. The Kier molecular flexibility index (Phi) is 4.78. The van der Waals surface area contributed by atoms with Crippen molar-refractivity contribution >= 4 is 22.8 Å². The Labute approximate surface area is 183 Å². The Morgan fingerprint density at radius 3 is 2.03 bits per heavy atom. The van der Waals surface area contributed by atoms with Crippen LogP contribution in [0.5, 0.6) is 0 Å². The normalized spacial score (nSPS) is 15.2. The molecule has 1 aliphatic heterocycles. The third-order valence-corrected chi connectivity index (χ3v) is 5.75. The van der Waals surface area contributed by atoms with Gasteiger partial charge in [0.2, 0.25) is 0 Å². The van der Waals surface area contributed by atoms with Crippen LogP contribution in [0.25, 0.3) is 10.9 Å². The molecular formula is C25H20N4O3. The Bertz CT molecular complexity index is 1330. The first-order chi connectivity index (χ1) is 15.6. The smallest absolute Gasteiger partial charge is 0.315 e. The summed E-state index contributed by atoms with van der Waals surface area (Å²) in [5.41, 5.74) is 0.398. The fraction of sp³-hybridized carbons (Fsp3) is 0.120. The lowest BCUT2D eigenvalue weighted by Crippen LogP contribution is -2.45. The van der Waals surface area contributed by atoms with E-state index in [0.717, 1.165) is 0 Å². The average Bonchev–Trinajstić information content (AvgIpc) is 3.09. The van der Waals surface area contributed by atoms with Crippen molar-refractivity contribution in [2.24, 2.45) is 0 Å². The lowest BCUT2D eigenvalue weighted by molar-refractivity contribution is -0.130. The molecule has 0 atom stereocenters. The van der Waals surface area contributed by atoms with Crippen molar-refractivity contribution in [2.75, 3.05) is 6.54 Å². The summed E-state index contributed by atoms with van der Waals surface area (Å²) in [5.74, 6) is 0.0641. The van der Waals surface area contributed by atoms with Crippen LogP contribution in [0.4, 0.5) is 4.79 Å². The second kappa shape index (κ2) is 7.77. The molecule has 1 fully saturated rings. The van der Waals surface area contributed by atoms with Crippen LogP contribution in [0.1, 0.15) is 17.0 Å². The van der Waals surface area contributed by atoms with Crippen LogP contribution in [0, 0.1) is 0 Å². The molecule has 0 unspecified atom stereocenters. The number of fused-ring (bicyclic) bond motifs is 1. The number of benzene rings is 3. The number of H-pyrrole nitrogens is 1. The molecule has 0 aliphatic carbocycles. The van der Waals surface area contributed by atoms with Crippen LogP contribution >= 0.6 is 0 Å². The molecule has 0 spiro atoms. The number of aromatic nitrogens is 2. The van der Waals surface area contributed by atoms with E-state index in [1.165, 1.54) is 4.90 Å². The number of carbonyl (C=O) groups excluding carboxylic acids is 2. The van der Waals surface area contributed by atoms with Gasteiger partial charge in [-0.25, -0.2) is 9.78 Å². The maximum absolute atomic E-state index is 13.7. The van der Waals surface area contributed by atoms with E-state index in [9.17, 15) is 14.4 Å². The zero-order valence-electron chi connectivity index (χ0n) is 17.1. The van der Waals surface area contributed by atoms with Crippen molar-refractivity contribution in [3.8, 4) is 0 Å². The van der Waals surface area contributed by atoms with E-state index < -0.39 is 11.6 Å². The van der Waals surface area contributed by atoms with E-state index in [2.05, 4.69) is 15.3 Å². The van der Waals surface area contributed by atoms with Gasteiger partial charge in [-0.3, -0.25) is 14.5 Å². The van der Waals surface area contributed by atoms with E-state index in [1.807, 2.05) is 66.7 Å². The first-order valence-electron chi connectivity index (χ1n) is 10.3. The Morgan fingerprint density at radius 2 is 1.38 bits per heavy atom. The van der Waals surface area contributed by atoms with Crippen molar-refractivity contribution in [1.29, 1.82) is 0 Å². The van der Waals surface area contributed by atoms with Crippen LogP contribution in [0.2, 0.25) is 0 Å². The van der Waals surface area contributed by atoms with E-state index in [0.29, 0.717) is 27.9 Å². The van der Waals surface area contributed by atoms with Crippen LogP contribution in [-0.4, -0.2) is 33.4 Å². The number of urea groups is 1. The third kappa shape index (κ3) is 3.15. The van der Waals surface area contributed by atoms with E-state index in [1.54, 1.807) is 18.2 Å². The lowest BCUT2D eigenvalue weighted by atomic mass is 9.82.